The van der Waals surface area contributed by atoms with Crippen LogP contribution in [0.15, 0.2) is 13.2 Å². The third kappa shape index (κ3) is 1.80. The number of rotatable bonds is 3. The van der Waals surface area contributed by atoms with Crippen molar-refractivity contribution < 1.29 is 0 Å². The van der Waals surface area contributed by atoms with E-state index in [9.17, 15) is 0 Å². The SMILES string of the molecule is [B]C(C)(C)n1c(C=C)c(C=C)c(=C)/c1=C\C. The molecule has 0 atom stereocenters. The molecule has 16 heavy (non-hydrogen) atoms. The molecular weight excluding hydrogens is 193 g/mol. The molecule has 0 aliphatic carbocycles. The lowest BCUT2D eigenvalue weighted by Crippen LogP contribution is -2.40. The summed E-state index contributed by atoms with van der Waals surface area (Å²) in [5, 5.41) is 1.98. The van der Waals surface area contributed by atoms with Gasteiger partial charge in [0.25, 0.3) is 0 Å². The molecule has 0 aromatic carbocycles. The Labute approximate surface area is 98.9 Å². The zero-order valence-corrected chi connectivity index (χ0v) is 10.4. The zero-order valence-electron chi connectivity index (χ0n) is 10.4. The molecule has 0 unspecified atom stereocenters. The highest BCUT2D eigenvalue weighted by Gasteiger charge is 2.18. The summed E-state index contributed by atoms with van der Waals surface area (Å²) in [6.45, 7) is 17.6. The summed E-state index contributed by atoms with van der Waals surface area (Å²) in [7, 11) is 6.18. The van der Waals surface area contributed by atoms with Gasteiger partial charge in [-0.25, -0.2) is 0 Å². The highest BCUT2D eigenvalue weighted by atomic mass is 15.0. The molecule has 1 aromatic rings. The number of aromatic nitrogens is 1. The molecule has 1 nitrogen and oxygen atoms in total. The molecule has 2 radical (unpaired) electrons. The Morgan fingerprint density at radius 2 is 1.81 bits per heavy atom. The summed E-state index contributed by atoms with van der Waals surface area (Å²) in [6.07, 6.45) is 5.61. The van der Waals surface area contributed by atoms with Crippen molar-refractivity contribution >= 4 is 32.7 Å². The minimum absolute atomic E-state index is 0.487. The highest BCUT2D eigenvalue weighted by molar-refractivity contribution is 6.13. The summed E-state index contributed by atoms with van der Waals surface area (Å²) in [6, 6.07) is 0. The lowest BCUT2D eigenvalue weighted by molar-refractivity contribution is 0.508. The predicted octanol–water partition coefficient (Wildman–Crippen LogP) is 1.85. The van der Waals surface area contributed by atoms with Crippen molar-refractivity contribution in [3.63, 3.8) is 0 Å². The first-order valence-corrected chi connectivity index (χ1v) is 5.32. The molecule has 82 valence electrons. The number of hydrogen-bond donors (Lipinski definition) is 0. The molecule has 0 N–H and O–H groups in total. The maximum atomic E-state index is 6.18. The van der Waals surface area contributed by atoms with Crippen LogP contribution in [0.4, 0.5) is 0 Å². The second-order valence-corrected chi connectivity index (χ2v) is 4.35. The lowest BCUT2D eigenvalue weighted by atomic mass is 9.81. The van der Waals surface area contributed by atoms with Gasteiger partial charge in [0.1, 0.15) is 7.85 Å². The fourth-order valence-corrected chi connectivity index (χ4v) is 2.03. The van der Waals surface area contributed by atoms with Crippen LogP contribution in [0.1, 0.15) is 32.0 Å². The minimum Gasteiger partial charge on any atom is -0.344 e. The van der Waals surface area contributed by atoms with Gasteiger partial charge in [-0.2, -0.15) is 0 Å². The summed E-state index contributed by atoms with van der Waals surface area (Å²) >= 11 is 0. The summed E-state index contributed by atoms with van der Waals surface area (Å²) in [4.78, 5) is 0. The van der Waals surface area contributed by atoms with Crippen LogP contribution >= 0.6 is 0 Å². The Morgan fingerprint density at radius 3 is 2.12 bits per heavy atom. The van der Waals surface area contributed by atoms with Crippen LogP contribution in [-0.2, 0) is 5.44 Å². The molecule has 0 saturated heterocycles. The molecule has 2 heteroatoms. The smallest absolute Gasteiger partial charge is 0.104 e. The molecule has 0 spiro atoms. The highest BCUT2D eigenvalue weighted by Crippen LogP contribution is 2.15. The van der Waals surface area contributed by atoms with Crippen LogP contribution in [0.3, 0.4) is 0 Å². The van der Waals surface area contributed by atoms with Gasteiger partial charge in [-0.05, 0) is 23.7 Å². The average molecular weight is 211 g/mol. The van der Waals surface area contributed by atoms with Gasteiger partial charge >= 0.3 is 0 Å². The zero-order chi connectivity index (χ0) is 12.5. The molecule has 0 fully saturated rings. The maximum absolute atomic E-state index is 6.18. The fraction of sp³-hybridized carbons (Fsp3) is 0.286. The quantitative estimate of drug-likeness (QED) is 0.672. The van der Waals surface area contributed by atoms with E-state index < -0.39 is 5.44 Å². The van der Waals surface area contributed by atoms with E-state index in [0.717, 1.165) is 21.8 Å². The first kappa shape index (κ1) is 12.6. The van der Waals surface area contributed by atoms with Crippen molar-refractivity contribution in [2.24, 2.45) is 0 Å². The maximum Gasteiger partial charge on any atom is 0.104 e. The van der Waals surface area contributed by atoms with E-state index in [-0.39, 0.29) is 0 Å². The molecule has 1 heterocycles. The number of hydrogen-bond acceptors (Lipinski definition) is 0. The first-order chi connectivity index (χ1) is 7.38. The molecule has 0 saturated carbocycles. The van der Waals surface area contributed by atoms with Crippen LogP contribution in [0.25, 0.3) is 24.8 Å². The average Bonchev–Trinajstić information content (AvgIpc) is 2.49. The van der Waals surface area contributed by atoms with E-state index in [1.54, 1.807) is 12.2 Å². The van der Waals surface area contributed by atoms with Crippen LogP contribution in [-0.4, -0.2) is 12.4 Å². The van der Waals surface area contributed by atoms with E-state index in [2.05, 4.69) is 19.7 Å². The molecule has 0 aliphatic rings. The first-order valence-electron chi connectivity index (χ1n) is 5.32. The number of nitrogens with zero attached hydrogens (tertiary/aromatic N) is 1. The van der Waals surface area contributed by atoms with Crippen molar-refractivity contribution in [1.82, 2.24) is 4.57 Å². The van der Waals surface area contributed by atoms with Crippen molar-refractivity contribution in [3.05, 3.63) is 35.0 Å². The largest absolute Gasteiger partial charge is 0.344 e. The van der Waals surface area contributed by atoms with E-state index >= 15 is 0 Å². The summed E-state index contributed by atoms with van der Waals surface area (Å²) in [5.74, 6) is 0. The Hall–Kier alpha value is -1.44. The molecule has 1 rings (SSSR count). The van der Waals surface area contributed by atoms with Crippen LogP contribution in [0, 0.1) is 0 Å². The monoisotopic (exact) mass is 211 g/mol. The van der Waals surface area contributed by atoms with Crippen LogP contribution in [0.2, 0.25) is 0 Å². The van der Waals surface area contributed by atoms with Crippen molar-refractivity contribution in [2.45, 2.75) is 26.2 Å². The van der Waals surface area contributed by atoms with E-state index in [1.807, 2.05) is 31.4 Å². The second kappa shape index (κ2) is 4.21. The topological polar surface area (TPSA) is 4.93 Å². The van der Waals surface area contributed by atoms with E-state index in [1.165, 1.54) is 0 Å². The normalized spacial score (nSPS) is 12.8. The van der Waals surface area contributed by atoms with Gasteiger partial charge in [-0.1, -0.05) is 45.7 Å². The molecular formula is C14H18BN. The van der Waals surface area contributed by atoms with Crippen molar-refractivity contribution in [3.8, 4) is 0 Å². The molecule has 1 aromatic heterocycles. The Kier molecular flexibility index (Phi) is 3.32. The Bertz CT molecular complexity index is 527. The van der Waals surface area contributed by atoms with E-state index in [0.29, 0.717) is 0 Å². The minimum atomic E-state index is -0.487. The van der Waals surface area contributed by atoms with Gasteiger partial charge in [0.05, 0.1) is 0 Å². The Balaban J connectivity index is 3.93. The van der Waals surface area contributed by atoms with Gasteiger partial charge in [-0.3, -0.25) is 0 Å². The second-order valence-electron chi connectivity index (χ2n) is 4.35. The standard InChI is InChI=1S/C14H18BN/c1-7-11-10(4)12(8-2)16(13(11)9-3)14(5,6)15/h7-9H,1,3-4H2,2,5-6H3/b12-8+. The summed E-state index contributed by atoms with van der Waals surface area (Å²) < 4.78 is 2.04. The molecule has 0 aliphatic heterocycles. The predicted molar refractivity (Wildman–Crippen MR) is 74.6 cm³/mol. The third-order valence-corrected chi connectivity index (χ3v) is 2.64. The van der Waals surface area contributed by atoms with Crippen molar-refractivity contribution in [1.29, 1.82) is 0 Å². The van der Waals surface area contributed by atoms with Gasteiger partial charge in [0.2, 0.25) is 0 Å². The summed E-state index contributed by atoms with van der Waals surface area (Å²) in [5.41, 5.74) is 1.49. The van der Waals surface area contributed by atoms with Crippen LogP contribution < -0.4 is 10.6 Å². The fourth-order valence-electron chi connectivity index (χ4n) is 2.03. The molecule has 0 bridgehead atoms. The Morgan fingerprint density at radius 1 is 1.25 bits per heavy atom. The molecule has 0 amide bonds. The van der Waals surface area contributed by atoms with Gasteiger partial charge < -0.3 is 4.57 Å². The lowest BCUT2D eigenvalue weighted by Gasteiger charge is -2.25. The van der Waals surface area contributed by atoms with Crippen molar-refractivity contribution in [2.75, 3.05) is 0 Å². The van der Waals surface area contributed by atoms with Crippen LogP contribution in [0.5, 0.6) is 0 Å². The third-order valence-electron chi connectivity index (χ3n) is 2.64. The van der Waals surface area contributed by atoms with Gasteiger partial charge in [0.15, 0.2) is 0 Å². The van der Waals surface area contributed by atoms with E-state index in [4.69, 9.17) is 7.85 Å². The van der Waals surface area contributed by atoms with Gasteiger partial charge in [0, 0.05) is 16.6 Å². The van der Waals surface area contributed by atoms with Gasteiger partial charge in [-0.15, -0.1) is 0 Å².